The summed E-state index contributed by atoms with van der Waals surface area (Å²) in [5, 5.41) is 0. The van der Waals surface area contributed by atoms with Crippen LogP contribution in [0.3, 0.4) is 0 Å². The highest BCUT2D eigenvalue weighted by Gasteiger charge is 2.19. The summed E-state index contributed by atoms with van der Waals surface area (Å²) in [6.45, 7) is 6.69. The van der Waals surface area contributed by atoms with Crippen molar-refractivity contribution in [1.29, 1.82) is 0 Å². The van der Waals surface area contributed by atoms with Gasteiger partial charge in [-0.25, -0.2) is 0 Å². The Labute approximate surface area is 500 Å². The third-order valence-electron chi connectivity index (χ3n) is 16.7. The quantitative estimate of drug-likeness (QED) is 0.0261. The van der Waals surface area contributed by atoms with Crippen LogP contribution in [-0.4, -0.2) is 37.2 Å². The van der Waals surface area contributed by atoms with E-state index >= 15 is 0 Å². The van der Waals surface area contributed by atoms with Crippen LogP contribution in [-0.2, 0) is 28.6 Å². The number of rotatable bonds is 68. The standard InChI is InChI=1S/C74H140O6/c1-4-7-10-13-16-19-22-25-27-29-31-33-35-36-37-38-40-41-43-45-47-49-52-55-58-61-64-67-73(76)79-70-71(69-78-72(75)66-63-60-57-54-51-24-21-18-15-12-9-6-3)80-74(77)68-65-62-59-56-53-50-48-46-44-42-39-34-32-30-28-26-23-20-17-14-11-8-5-2/h18,21,29,31,71H,4-17,19-20,22-28,30,32-70H2,1-3H3/b21-18-,31-29-. The molecular formula is C74H140O6. The van der Waals surface area contributed by atoms with Gasteiger partial charge >= 0.3 is 17.9 Å². The number of esters is 3. The van der Waals surface area contributed by atoms with Crippen LogP contribution in [0.5, 0.6) is 0 Å². The predicted octanol–water partition coefficient (Wildman–Crippen LogP) is 25.0. The minimum Gasteiger partial charge on any atom is -0.462 e. The van der Waals surface area contributed by atoms with Gasteiger partial charge < -0.3 is 14.2 Å². The molecule has 6 nitrogen and oxygen atoms in total. The molecule has 0 rings (SSSR count). The largest absolute Gasteiger partial charge is 0.462 e. The zero-order valence-corrected chi connectivity index (χ0v) is 54.4. The molecule has 0 aromatic heterocycles. The van der Waals surface area contributed by atoms with E-state index in [9.17, 15) is 14.4 Å². The van der Waals surface area contributed by atoms with E-state index in [4.69, 9.17) is 14.2 Å². The van der Waals surface area contributed by atoms with E-state index in [1.165, 1.54) is 308 Å². The third kappa shape index (κ3) is 66.7. The van der Waals surface area contributed by atoms with Crippen molar-refractivity contribution in [1.82, 2.24) is 0 Å². The highest BCUT2D eigenvalue weighted by Crippen LogP contribution is 2.19. The van der Waals surface area contributed by atoms with E-state index in [0.29, 0.717) is 19.3 Å². The number of unbranched alkanes of at least 4 members (excludes halogenated alkanes) is 53. The van der Waals surface area contributed by atoms with E-state index in [1.54, 1.807) is 0 Å². The van der Waals surface area contributed by atoms with Crippen LogP contribution in [0, 0.1) is 0 Å². The molecule has 0 radical (unpaired) electrons. The maximum absolute atomic E-state index is 13.0. The van der Waals surface area contributed by atoms with Crippen LogP contribution in [0.15, 0.2) is 24.3 Å². The second kappa shape index (κ2) is 69.4. The smallest absolute Gasteiger partial charge is 0.306 e. The van der Waals surface area contributed by atoms with E-state index in [1.807, 2.05) is 0 Å². The van der Waals surface area contributed by atoms with Gasteiger partial charge in [0.25, 0.3) is 0 Å². The fourth-order valence-corrected chi connectivity index (χ4v) is 11.2. The van der Waals surface area contributed by atoms with Crippen LogP contribution in [0.25, 0.3) is 0 Å². The molecule has 0 N–H and O–H groups in total. The first kappa shape index (κ1) is 77.9. The number of hydrogen-bond acceptors (Lipinski definition) is 6. The van der Waals surface area contributed by atoms with Gasteiger partial charge in [-0.1, -0.05) is 347 Å². The van der Waals surface area contributed by atoms with Crippen LogP contribution in [0.2, 0.25) is 0 Å². The highest BCUT2D eigenvalue weighted by molar-refractivity contribution is 5.71. The molecule has 0 aromatic carbocycles. The SMILES string of the molecule is CCCCC/C=C\CCCCCCCC(=O)OCC(COC(=O)CCCCCCCCCCCCCCCCC/C=C\CCCCCCCCCC)OC(=O)CCCCCCCCCCCCCCCCCCCCCCCCC. The summed E-state index contributed by atoms with van der Waals surface area (Å²) < 4.78 is 17.0. The summed E-state index contributed by atoms with van der Waals surface area (Å²) >= 11 is 0. The van der Waals surface area contributed by atoms with Gasteiger partial charge in [0.1, 0.15) is 13.2 Å². The van der Waals surface area contributed by atoms with Gasteiger partial charge in [-0.15, -0.1) is 0 Å². The molecule has 0 saturated carbocycles. The van der Waals surface area contributed by atoms with Crippen molar-refractivity contribution >= 4 is 17.9 Å². The molecule has 0 bridgehead atoms. The van der Waals surface area contributed by atoms with Crippen molar-refractivity contribution < 1.29 is 28.6 Å². The lowest BCUT2D eigenvalue weighted by Gasteiger charge is -2.18. The maximum atomic E-state index is 13.0. The first-order valence-corrected chi connectivity index (χ1v) is 36.3. The molecule has 0 spiro atoms. The van der Waals surface area contributed by atoms with Crippen molar-refractivity contribution in [3.05, 3.63) is 24.3 Å². The Morgan fingerprint density at radius 3 is 0.650 bits per heavy atom. The van der Waals surface area contributed by atoms with Gasteiger partial charge in [-0.05, 0) is 70.6 Å². The Kier molecular flexibility index (Phi) is 67.6. The lowest BCUT2D eigenvalue weighted by molar-refractivity contribution is -0.167. The average Bonchev–Trinajstić information content (AvgIpc) is 3.46. The molecule has 1 unspecified atom stereocenters. The van der Waals surface area contributed by atoms with Gasteiger partial charge in [0, 0.05) is 19.3 Å². The fraction of sp³-hybridized carbons (Fsp3) is 0.905. The van der Waals surface area contributed by atoms with Gasteiger partial charge in [0.15, 0.2) is 6.10 Å². The van der Waals surface area contributed by atoms with Crippen molar-refractivity contribution in [2.45, 2.75) is 419 Å². The van der Waals surface area contributed by atoms with E-state index in [2.05, 4.69) is 45.1 Å². The minimum atomic E-state index is -0.772. The first-order chi connectivity index (χ1) is 39.5. The molecule has 0 aliphatic carbocycles. The number of hydrogen-bond donors (Lipinski definition) is 0. The van der Waals surface area contributed by atoms with Gasteiger partial charge in [-0.3, -0.25) is 14.4 Å². The second-order valence-electron chi connectivity index (χ2n) is 24.9. The Bertz CT molecular complexity index is 1290. The zero-order valence-electron chi connectivity index (χ0n) is 54.4. The molecular weight excluding hydrogens is 985 g/mol. The molecule has 0 saturated heterocycles. The van der Waals surface area contributed by atoms with Gasteiger partial charge in [-0.2, -0.15) is 0 Å². The van der Waals surface area contributed by atoms with E-state index in [0.717, 1.165) is 64.2 Å². The number of allylic oxidation sites excluding steroid dienone is 4. The van der Waals surface area contributed by atoms with Gasteiger partial charge in [0.2, 0.25) is 0 Å². The van der Waals surface area contributed by atoms with Crippen molar-refractivity contribution in [2.24, 2.45) is 0 Å². The average molecular weight is 1130 g/mol. The molecule has 0 amide bonds. The van der Waals surface area contributed by atoms with Gasteiger partial charge in [0.05, 0.1) is 0 Å². The molecule has 6 heteroatoms. The predicted molar refractivity (Wildman–Crippen MR) is 349 cm³/mol. The second-order valence-corrected chi connectivity index (χ2v) is 24.9. The molecule has 80 heavy (non-hydrogen) atoms. The molecule has 0 aromatic rings. The highest BCUT2D eigenvalue weighted by atomic mass is 16.6. The number of carbonyl (C=O) groups is 3. The first-order valence-electron chi connectivity index (χ1n) is 36.3. The maximum Gasteiger partial charge on any atom is 0.306 e. The van der Waals surface area contributed by atoms with E-state index < -0.39 is 6.10 Å². The lowest BCUT2D eigenvalue weighted by atomic mass is 10.0. The fourth-order valence-electron chi connectivity index (χ4n) is 11.2. The summed E-state index contributed by atoms with van der Waals surface area (Å²) in [6, 6.07) is 0. The summed E-state index contributed by atoms with van der Waals surface area (Å²) in [5.74, 6) is -0.845. The van der Waals surface area contributed by atoms with Crippen molar-refractivity contribution in [3.8, 4) is 0 Å². The van der Waals surface area contributed by atoms with Crippen LogP contribution in [0.4, 0.5) is 0 Å². The summed E-state index contributed by atoms with van der Waals surface area (Å²) in [6.07, 6.45) is 85.1. The van der Waals surface area contributed by atoms with Crippen molar-refractivity contribution in [2.75, 3.05) is 13.2 Å². The zero-order chi connectivity index (χ0) is 57.8. The summed E-state index contributed by atoms with van der Waals surface area (Å²) in [4.78, 5) is 38.4. The van der Waals surface area contributed by atoms with E-state index in [-0.39, 0.29) is 31.1 Å². The van der Waals surface area contributed by atoms with Crippen LogP contribution < -0.4 is 0 Å². The third-order valence-corrected chi connectivity index (χ3v) is 16.7. The monoisotopic (exact) mass is 1130 g/mol. The molecule has 0 aliphatic rings. The topological polar surface area (TPSA) is 78.9 Å². The molecule has 0 aliphatic heterocycles. The van der Waals surface area contributed by atoms with Crippen LogP contribution >= 0.6 is 0 Å². The Morgan fingerprint density at radius 1 is 0.237 bits per heavy atom. The molecule has 472 valence electrons. The molecule has 1 atom stereocenters. The van der Waals surface area contributed by atoms with Crippen LogP contribution in [0.1, 0.15) is 412 Å². The molecule has 0 heterocycles. The minimum absolute atomic E-state index is 0.0678. The Hall–Kier alpha value is -2.11. The summed E-state index contributed by atoms with van der Waals surface area (Å²) in [5.41, 5.74) is 0. The number of ether oxygens (including phenoxy) is 3. The molecule has 0 fully saturated rings. The van der Waals surface area contributed by atoms with Crippen molar-refractivity contribution in [3.63, 3.8) is 0 Å². The Morgan fingerprint density at radius 2 is 0.412 bits per heavy atom. The summed E-state index contributed by atoms with van der Waals surface area (Å²) in [7, 11) is 0. The lowest BCUT2D eigenvalue weighted by Crippen LogP contribution is -2.30. The normalized spacial score (nSPS) is 12.1. The number of carbonyl (C=O) groups excluding carboxylic acids is 3. The Balaban J connectivity index is 4.17.